The third-order valence-electron chi connectivity index (χ3n) is 5.64. The number of ether oxygens (including phenoxy) is 1. The lowest BCUT2D eigenvalue weighted by atomic mass is 9.82. The first-order chi connectivity index (χ1) is 12.2. The summed E-state index contributed by atoms with van der Waals surface area (Å²) in [5, 5.41) is 7.67. The van der Waals surface area contributed by atoms with Gasteiger partial charge in [0.1, 0.15) is 5.69 Å². The van der Waals surface area contributed by atoms with Crippen molar-refractivity contribution >= 4 is 24.8 Å². The summed E-state index contributed by atoms with van der Waals surface area (Å²) in [5.74, 6) is 0.923. The quantitative estimate of drug-likeness (QED) is 0.822. The second-order valence-corrected chi connectivity index (χ2v) is 7.39. The molecule has 7 heteroatoms. The van der Waals surface area contributed by atoms with Crippen LogP contribution in [-0.2, 0) is 11.3 Å². The zero-order valence-corrected chi connectivity index (χ0v) is 17.4. The number of benzene rings is 1. The Labute approximate surface area is 173 Å². The molecule has 2 fully saturated rings. The Morgan fingerprint density at radius 3 is 2.67 bits per heavy atom. The van der Waals surface area contributed by atoms with E-state index in [4.69, 9.17) is 9.26 Å². The topological polar surface area (TPSA) is 50.5 Å². The molecule has 3 heterocycles. The first kappa shape index (κ1) is 22.2. The molecule has 1 N–H and O–H groups in total. The third-order valence-corrected chi connectivity index (χ3v) is 5.64. The Morgan fingerprint density at radius 2 is 1.93 bits per heavy atom. The minimum absolute atomic E-state index is 0. The van der Waals surface area contributed by atoms with Crippen molar-refractivity contribution in [3.8, 4) is 11.3 Å². The first-order valence-electron chi connectivity index (χ1n) is 9.30. The molecule has 1 aromatic heterocycles. The lowest BCUT2D eigenvalue weighted by molar-refractivity contribution is -0.119. The minimum Gasteiger partial charge on any atom is -0.375 e. The number of hydrogen-bond donors (Lipinski definition) is 1. The molecule has 2 saturated heterocycles. The van der Waals surface area contributed by atoms with E-state index in [-0.39, 0.29) is 30.4 Å². The number of hydrogen-bond acceptors (Lipinski definition) is 5. The molecule has 1 atom stereocenters. The van der Waals surface area contributed by atoms with Gasteiger partial charge < -0.3 is 14.6 Å². The number of aromatic nitrogens is 1. The predicted molar refractivity (Wildman–Crippen MR) is 112 cm³/mol. The van der Waals surface area contributed by atoms with Gasteiger partial charge in [0.25, 0.3) is 0 Å². The summed E-state index contributed by atoms with van der Waals surface area (Å²) in [5.41, 5.74) is 2.09. The van der Waals surface area contributed by atoms with Crippen LogP contribution in [0.25, 0.3) is 11.3 Å². The van der Waals surface area contributed by atoms with Crippen LogP contribution in [0.4, 0.5) is 0 Å². The number of piperidine rings is 1. The molecule has 4 rings (SSSR count). The molecule has 2 aliphatic rings. The normalized spacial score (nSPS) is 21.5. The van der Waals surface area contributed by atoms with E-state index in [1.807, 2.05) is 18.2 Å². The van der Waals surface area contributed by atoms with Gasteiger partial charge >= 0.3 is 0 Å². The average molecular weight is 414 g/mol. The lowest BCUT2D eigenvalue weighted by Crippen LogP contribution is -2.52. The van der Waals surface area contributed by atoms with Crippen molar-refractivity contribution < 1.29 is 9.26 Å². The molecule has 2 aromatic rings. The minimum atomic E-state index is 0. The van der Waals surface area contributed by atoms with Crippen molar-refractivity contribution in [2.45, 2.75) is 43.9 Å². The van der Waals surface area contributed by atoms with Gasteiger partial charge in [-0.1, -0.05) is 35.5 Å². The Kier molecular flexibility index (Phi) is 8.13. The van der Waals surface area contributed by atoms with Gasteiger partial charge in [0.15, 0.2) is 5.76 Å². The van der Waals surface area contributed by atoms with Gasteiger partial charge in [-0.15, -0.1) is 24.8 Å². The van der Waals surface area contributed by atoms with Gasteiger partial charge in [0.2, 0.25) is 0 Å². The van der Waals surface area contributed by atoms with Crippen molar-refractivity contribution in [1.29, 1.82) is 0 Å². The molecule has 0 saturated carbocycles. The molecular weight excluding hydrogens is 385 g/mol. The van der Waals surface area contributed by atoms with E-state index in [1.54, 1.807) is 0 Å². The summed E-state index contributed by atoms with van der Waals surface area (Å²) in [7, 11) is 2.19. The van der Waals surface area contributed by atoms with Crippen LogP contribution in [0.15, 0.2) is 40.9 Å². The second-order valence-electron chi connectivity index (χ2n) is 7.39. The van der Waals surface area contributed by atoms with Gasteiger partial charge in [0, 0.05) is 24.3 Å². The Bertz CT molecular complexity index is 684. The van der Waals surface area contributed by atoms with Crippen molar-refractivity contribution in [3.05, 3.63) is 42.2 Å². The maximum absolute atomic E-state index is 6.20. The molecule has 1 unspecified atom stereocenters. The van der Waals surface area contributed by atoms with Crippen LogP contribution in [0, 0.1) is 0 Å². The van der Waals surface area contributed by atoms with Crippen LogP contribution in [0.5, 0.6) is 0 Å². The van der Waals surface area contributed by atoms with Crippen molar-refractivity contribution in [2.75, 3.05) is 26.7 Å². The zero-order chi connectivity index (χ0) is 17.1. The molecular formula is C20H29Cl2N3O2. The molecule has 0 bridgehead atoms. The first-order valence-corrected chi connectivity index (χ1v) is 9.30. The highest BCUT2D eigenvalue weighted by Gasteiger charge is 2.39. The van der Waals surface area contributed by atoms with E-state index in [0.717, 1.165) is 68.9 Å². The lowest BCUT2D eigenvalue weighted by Gasteiger charge is -2.45. The number of halogens is 2. The van der Waals surface area contributed by atoms with Crippen LogP contribution < -0.4 is 5.32 Å². The Morgan fingerprint density at radius 1 is 1.19 bits per heavy atom. The molecule has 0 aliphatic carbocycles. The Hall–Kier alpha value is -1.11. The fourth-order valence-corrected chi connectivity index (χ4v) is 4.12. The van der Waals surface area contributed by atoms with Crippen LogP contribution in [0.3, 0.4) is 0 Å². The van der Waals surface area contributed by atoms with Crippen molar-refractivity contribution in [2.24, 2.45) is 0 Å². The third kappa shape index (κ3) is 5.24. The largest absolute Gasteiger partial charge is 0.375 e. The summed E-state index contributed by atoms with van der Waals surface area (Å²) >= 11 is 0. The van der Waals surface area contributed by atoms with E-state index >= 15 is 0 Å². The van der Waals surface area contributed by atoms with Crippen LogP contribution in [-0.4, -0.2) is 48.4 Å². The molecule has 5 nitrogen and oxygen atoms in total. The highest BCUT2D eigenvalue weighted by Crippen LogP contribution is 2.35. The molecule has 1 aromatic carbocycles. The molecule has 27 heavy (non-hydrogen) atoms. The number of rotatable bonds is 4. The van der Waals surface area contributed by atoms with Crippen molar-refractivity contribution in [1.82, 2.24) is 15.4 Å². The fraction of sp³-hybridized carbons (Fsp3) is 0.550. The summed E-state index contributed by atoms with van der Waals surface area (Å²) in [6, 6.07) is 12.8. The maximum Gasteiger partial charge on any atom is 0.151 e. The monoisotopic (exact) mass is 413 g/mol. The smallest absolute Gasteiger partial charge is 0.151 e. The number of nitrogens with one attached hydrogen (secondary N) is 1. The molecule has 1 spiro atoms. The van der Waals surface area contributed by atoms with Gasteiger partial charge in [-0.2, -0.15) is 0 Å². The van der Waals surface area contributed by atoms with Gasteiger partial charge in [-0.3, -0.25) is 4.90 Å². The second kappa shape index (κ2) is 9.89. The SMILES string of the molecule is CN(Cc1cc(-c2ccccc2)no1)C1CCOC2(CCNCC2)C1.Cl.Cl. The standard InChI is InChI=1S/C20H27N3O2.2ClH/c1-23(17-7-12-24-20(14-17)8-10-21-11-9-20)15-18-13-19(22-25-18)16-5-3-2-4-6-16;;/h2-6,13,17,21H,7-12,14-15H2,1H3;2*1H. The molecule has 150 valence electrons. The van der Waals surface area contributed by atoms with Crippen molar-refractivity contribution in [3.63, 3.8) is 0 Å². The van der Waals surface area contributed by atoms with E-state index < -0.39 is 0 Å². The van der Waals surface area contributed by atoms with E-state index in [0.29, 0.717) is 6.04 Å². The van der Waals surface area contributed by atoms with Gasteiger partial charge in [-0.05, 0) is 45.8 Å². The highest BCUT2D eigenvalue weighted by molar-refractivity contribution is 5.85. The summed E-state index contributed by atoms with van der Waals surface area (Å²) in [6.07, 6.45) is 4.45. The van der Waals surface area contributed by atoms with Crippen LogP contribution in [0.1, 0.15) is 31.4 Å². The summed E-state index contributed by atoms with van der Waals surface area (Å²) < 4.78 is 11.8. The number of nitrogens with zero attached hydrogens (tertiary/aromatic N) is 2. The van der Waals surface area contributed by atoms with Crippen LogP contribution in [0.2, 0.25) is 0 Å². The summed E-state index contributed by atoms with van der Waals surface area (Å²) in [4.78, 5) is 2.40. The van der Waals surface area contributed by atoms with E-state index in [1.165, 1.54) is 0 Å². The van der Waals surface area contributed by atoms with Gasteiger partial charge in [-0.25, -0.2) is 0 Å². The summed E-state index contributed by atoms with van der Waals surface area (Å²) in [6.45, 7) is 3.79. The maximum atomic E-state index is 6.20. The zero-order valence-electron chi connectivity index (χ0n) is 15.7. The Balaban J connectivity index is 0.00000131. The predicted octanol–water partition coefficient (Wildman–Crippen LogP) is 3.92. The van der Waals surface area contributed by atoms with E-state index in [2.05, 4.69) is 40.6 Å². The molecule has 2 aliphatic heterocycles. The van der Waals surface area contributed by atoms with E-state index in [9.17, 15) is 0 Å². The average Bonchev–Trinajstić information content (AvgIpc) is 3.12. The molecule has 0 amide bonds. The highest BCUT2D eigenvalue weighted by atomic mass is 35.5. The van der Waals surface area contributed by atoms with Gasteiger partial charge in [0.05, 0.1) is 12.1 Å². The fourth-order valence-electron chi connectivity index (χ4n) is 4.12. The van der Waals surface area contributed by atoms with Crippen LogP contribution >= 0.6 is 24.8 Å². The molecule has 0 radical (unpaired) electrons.